The van der Waals surface area contributed by atoms with Crippen molar-refractivity contribution >= 4 is 40.7 Å². The van der Waals surface area contributed by atoms with Gasteiger partial charge in [-0.05, 0) is 66.5 Å². The molecular formula is C17H29BrCl2N2O2. The van der Waals surface area contributed by atoms with Crippen LogP contribution in [0, 0.1) is 0 Å². The van der Waals surface area contributed by atoms with E-state index in [0.29, 0.717) is 12.6 Å². The number of ether oxygens (including phenoxy) is 2. The number of nitrogens with zero attached hydrogens (tertiary/aromatic N) is 1. The molecule has 0 aromatic heterocycles. The summed E-state index contributed by atoms with van der Waals surface area (Å²) in [5.74, 6) is 1.56. The van der Waals surface area contributed by atoms with E-state index < -0.39 is 0 Å². The number of likely N-dealkylation sites (N-methyl/N-ethyl adjacent to an activating group) is 1. The number of hydrogen-bond donors (Lipinski definition) is 1. The Morgan fingerprint density at radius 2 is 2.04 bits per heavy atom. The van der Waals surface area contributed by atoms with E-state index in [-0.39, 0.29) is 24.8 Å². The minimum atomic E-state index is 0. The zero-order valence-electron chi connectivity index (χ0n) is 14.6. The molecule has 0 bridgehead atoms. The zero-order chi connectivity index (χ0) is 15.9. The van der Waals surface area contributed by atoms with Crippen LogP contribution in [0.5, 0.6) is 11.5 Å². The Balaban J connectivity index is 0.00000264. The van der Waals surface area contributed by atoms with Gasteiger partial charge in [0.2, 0.25) is 0 Å². The van der Waals surface area contributed by atoms with Gasteiger partial charge < -0.3 is 14.8 Å². The summed E-state index contributed by atoms with van der Waals surface area (Å²) in [5, 5.41) is 3.58. The van der Waals surface area contributed by atoms with Gasteiger partial charge in [0.05, 0.1) is 18.2 Å². The van der Waals surface area contributed by atoms with Crippen molar-refractivity contribution in [2.45, 2.75) is 39.3 Å². The standard InChI is InChI=1S/C17H27BrN2O2.2ClH/c1-4-20-8-6-7-14(20)12-19-11-13-9-15(18)17(21-3)16(10-13)22-5-2;;/h9-10,14,19H,4-8,11-12H2,1-3H3;2*1H. The molecule has 2 rings (SSSR count). The highest BCUT2D eigenvalue weighted by Gasteiger charge is 2.22. The first-order chi connectivity index (χ1) is 10.7. The van der Waals surface area contributed by atoms with Gasteiger partial charge in [-0.1, -0.05) is 6.92 Å². The fourth-order valence-electron chi connectivity index (χ4n) is 3.11. The number of hydrogen-bond acceptors (Lipinski definition) is 4. The highest BCUT2D eigenvalue weighted by Crippen LogP contribution is 2.36. The molecule has 1 aliphatic rings. The first-order valence-corrected chi connectivity index (χ1v) is 8.92. The predicted octanol–water partition coefficient (Wildman–Crippen LogP) is 4.27. The summed E-state index contributed by atoms with van der Waals surface area (Å²) in [6.45, 7) is 9.14. The van der Waals surface area contributed by atoms with Crippen LogP contribution in [0.25, 0.3) is 0 Å². The van der Waals surface area contributed by atoms with Gasteiger partial charge >= 0.3 is 0 Å². The highest BCUT2D eigenvalue weighted by atomic mass is 79.9. The van der Waals surface area contributed by atoms with Crippen LogP contribution in [0.1, 0.15) is 32.3 Å². The molecular weight excluding hydrogens is 415 g/mol. The van der Waals surface area contributed by atoms with Crippen molar-refractivity contribution in [3.8, 4) is 11.5 Å². The number of halogens is 3. The van der Waals surface area contributed by atoms with Crippen LogP contribution in [0.3, 0.4) is 0 Å². The monoisotopic (exact) mass is 442 g/mol. The molecule has 4 nitrogen and oxygen atoms in total. The summed E-state index contributed by atoms with van der Waals surface area (Å²) >= 11 is 3.57. The Labute approximate surface area is 166 Å². The molecule has 1 aliphatic heterocycles. The third-order valence-electron chi connectivity index (χ3n) is 4.19. The Morgan fingerprint density at radius 3 is 2.67 bits per heavy atom. The topological polar surface area (TPSA) is 33.7 Å². The molecule has 1 aromatic carbocycles. The summed E-state index contributed by atoms with van der Waals surface area (Å²) in [4.78, 5) is 2.56. The van der Waals surface area contributed by atoms with Crippen molar-refractivity contribution in [2.75, 3.05) is 33.4 Å². The number of nitrogens with one attached hydrogen (secondary N) is 1. The van der Waals surface area contributed by atoms with E-state index in [4.69, 9.17) is 9.47 Å². The zero-order valence-corrected chi connectivity index (χ0v) is 17.9. The molecule has 140 valence electrons. The van der Waals surface area contributed by atoms with Gasteiger partial charge in [-0.15, -0.1) is 24.8 Å². The number of likely N-dealkylation sites (tertiary alicyclic amines) is 1. The number of benzene rings is 1. The lowest BCUT2D eigenvalue weighted by atomic mass is 10.1. The van der Waals surface area contributed by atoms with Crippen LogP contribution >= 0.6 is 40.7 Å². The molecule has 1 saturated heterocycles. The molecule has 0 saturated carbocycles. The summed E-state index contributed by atoms with van der Waals surface area (Å²) in [6.07, 6.45) is 2.63. The van der Waals surface area contributed by atoms with E-state index in [1.54, 1.807) is 7.11 Å². The second-order valence-corrected chi connectivity index (χ2v) is 6.45. The molecule has 0 aliphatic carbocycles. The molecule has 0 amide bonds. The highest BCUT2D eigenvalue weighted by molar-refractivity contribution is 9.10. The maximum Gasteiger partial charge on any atom is 0.174 e. The van der Waals surface area contributed by atoms with Crippen molar-refractivity contribution in [1.82, 2.24) is 10.2 Å². The first kappa shape index (κ1) is 23.8. The summed E-state index contributed by atoms with van der Waals surface area (Å²) < 4.78 is 12.0. The van der Waals surface area contributed by atoms with E-state index in [1.165, 1.54) is 24.9 Å². The van der Waals surface area contributed by atoms with Gasteiger partial charge in [-0.25, -0.2) is 0 Å². The van der Waals surface area contributed by atoms with E-state index in [9.17, 15) is 0 Å². The third-order valence-corrected chi connectivity index (χ3v) is 4.78. The molecule has 24 heavy (non-hydrogen) atoms. The van der Waals surface area contributed by atoms with Crippen LogP contribution < -0.4 is 14.8 Å². The van der Waals surface area contributed by atoms with Crippen molar-refractivity contribution in [1.29, 1.82) is 0 Å². The van der Waals surface area contributed by atoms with Gasteiger partial charge in [0.15, 0.2) is 11.5 Å². The second kappa shape index (κ2) is 12.2. The SMILES string of the molecule is CCOc1cc(CNCC2CCCN2CC)cc(Br)c1OC.Cl.Cl. The average molecular weight is 444 g/mol. The first-order valence-electron chi connectivity index (χ1n) is 8.13. The molecule has 1 unspecified atom stereocenters. The number of rotatable bonds is 8. The fraction of sp³-hybridized carbons (Fsp3) is 0.647. The van der Waals surface area contributed by atoms with Gasteiger partial charge in [0, 0.05) is 19.1 Å². The normalized spacial score (nSPS) is 17.1. The summed E-state index contributed by atoms with van der Waals surface area (Å²) in [6, 6.07) is 4.84. The van der Waals surface area contributed by atoms with E-state index in [2.05, 4.69) is 45.2 Å². The molecule has 1 N–H and O–H groups in total. The maximum absolute atomic E-state index is 5.67. The second-order valence-electron chi connectivity index (χ2n) is 5.60. The summed E-state index contributed by atoms with van der Waals surface area (Å²) in [5.41, 5.74) is 1.21. The molecule has 1 heterocycles. The minimum absolute atomic E-state index is 0. The van der Waals surface area contributed by atoms with Gasteiger partial charge in [-0.3, -0.25) is 4.90 Å². The molecule has 0 spiro atoms. The molecule has 1 fully saturated rings. The van der Waals surface area contributed by atoms with Crippen LogP contribution in [0.4, 0.5) is 0 Å². The molecule has 1 aromatic rings. The Kier molecular flexibility index (Phi) is 12.1. The van der Waals surface area contributed by atoms with Crippen molar-refractivity contribution < 1.29 is 9.47 Å². The van der Waals surface area contributed by atoms with Crippen LogP contribution in [-0.4, -0.2) is 44.3 Å². The average Bonchev–Trinajstić information content (AvgIpc) is 2.95. The lowest BCUT2D eigenvalue weighted by Crippen LogP contribution is -2.37. The predicted molar refractivity (Wildman–Crippen MR) is 108 cm³/mol. The van der Waals surface area contributed by atoms with Gasteiger partial charge in [0.1, 0.15) is 0 Å². The third kappa shape index (κ3) is 6.26. The largest absolute Gasteiger partial charge is 0.492 e. The Bertz CT molecular complexity index is 492. The van der Waals surface area contributed by atoms with Crippen molar-refractivity contribution in [3.63, 3.8) is 0 Å². The van der Waals surface area contributed by atoms with Crippen LogP contribution in [0.2, 0.25) is 0 Å². The lowest BCUT2D eigenvalue weighted by Gasteiger charge is -2.23. The van der Waals surface area contributed by atoms with E-state index in [0.717, 1.165) is 35.6 Å². The lowest BCUT2D eigenvalue weighted by molar-refractivity contribution is 0.260. The van der Waals surface area contributed by atoms with Gasteiger partial charge in [0.25, 0.3) is 0 Å². The van der Waals surface area contributed by atoms with Crippen LogP contribution in [-0.2, 0) is 6.54 Å². The van der Waals surface area contributed by atoms with Crippen molar-refractivity contribution in [2.24, 2.45) is 0 Å². The Hall–Kier alpha value is -0.200. The minimum Gasteiger partial charge on any atom is -0.492 e. The molecule has 0 radical (unpaired) electrons. The molecule has 1 atom stereocenters. The van der Waals surface area contributed by atoms with Gasteiger partial charge in [-0.2, -0.15) is 0 Å². The number of methoxy groups -OCH3 is 1. The van der Waals surface area contributed by atoms with Crippen molar-refractivity contribution in [3.05, 3.63) is 22.2 Å². The molecule has 7 heteroatoms. The van der Waals surface area contributed by atoms with E-state index in [1.807, 2.05) is 6.92 Å². The van der Waals surface area contributed by atoms with E-state index >= 15 is 0 Å². The maximum atomic E-state index is 5.67. The Morgan fingerprint density at radius 1 is 1.29 bits per heavy atom. The van der Waals surface area contributed by atoms with Crippen LogP contribution in [0.15, 0.2) is 16.6 Å². The smallest absolute Gasteiger partial charge is 0.174 e. The summed E-state index contributed by atoms with van der Waals surface area (Å²) in [7, 11) is 1.67. The quantitative estimate of drug-likeness (QED) is 0.650. The fourth-order valence-corrected chi connectivity index (χ4v) is 3.76.